The van der Waals surface area contributed by atoms with Gasteiger partial charge < -0.3 is 0 Å². The van der Waals surface area contributed by atoms with Crippen LogP contribution in [0, 0.1) is 0 Å². The van der Waals surface area contributed by atoms with Crippen LogP contribution in [0.3, 0.4) is 0 Å². The van der Waals surface area contributed by atoms with E-state index in [4.69, 9.17) is 0 Å². The number of hydrogen-bond donors (Lipinski definition) is 0. The Balaban J connectivity index is 2.93. The fourth-order valence-corrected chi connectivity index (χ4v) is 6.88. The molecular weight excluding hydrogens is 235 g/mol. The van der Waals surface area contributed by atoms with Crippen LogP contribution in [0.4, 0.5) is 0 Å². The summed E-state index contributed by atoms with van der Waals surface area (Å²) < 4.78 is 6.83. The minimum atomic E-state index is -1.16. The Morgan fingerprint density at radius 2 is 1.55 bits per heavy atom. The summed E-state index contributed by atoms with van der Waals surface area (Å²) >= 11 is -1.16. The molecule has 0 fully saturated rings. The molecule has 0 saturated carbocycles. The van der Waals surface area contributed by atoms with Crippen molar-refractivity contribution in [2.75, 3.05) is 0 Å². The van der Waals surface area contributed by atoms with E-state index in [9.17, 15) is 0 Å². The average molecular weight is 252 g/mol. The van der Waals surface area contributed by atoms with Gasteiger partial charge in [-0.25, -0.2) is 0 Å². The van der Waals surface area contributed by atoms with Crippen LogP contribution in [0.15, 0.2) is 20.0 Å². The van der Waals surface area contributed by atoms with Gasteiger partial charge in [0.05, 0.1) is 0 Å². The van der Waals surface area contributed by atoms with Crippen molar-refractivity contribution in [3.63, 3.8) is 0 Å². The molecule has 0 saturated heterocycles. The second-order valence-corrected chi connectivity index (χ2v) is 12.5. The van der Waals surface area contributed by atoms with Crippen molar-refractivity contribution >= 4 is 21.4 Å². The molecule has 60 valence electrons. The van der Waals surface area contributed by atoms with Gasteiger partial charge in [0.15, 0.2) is 0 Å². The maximum absolute atomic E-state index is 2.49. The molecule has 0 heterocycles. The molecule has 1 heteroatoms. The first-order valence-corrected chi connectivity index (χ1v) is 12.6. The standard InChI is InChI=1S/C8H11.2CH3.In/c1-6-4-5-7(2)8(6)3;;;/h4H2,1-3H3;2*1H3;. The fraction of sp³-hybridized carbons (Fsp3) is 0.600. The van der Waals surface area contributed by atoms with Crippen LogP contribution in [-0.4, -0.2) is 21.4 Å². The van der Waals surface area contributed by atoms with Gasteiger partial charge in [-0.3, -0.25) is 0 Å². The molecule has 0 aliphatic heterocycles. The van der Waals surface area contributed by atoms with Gasteiger partial charge in [-0.05, 0) is 0 Å². The molecular formula is C10H17In. The summed E-state index contributed by atoms with van der Waals surface area (Å²) in [7, 11) is 0. The van der Waals surface area contributed by atoms with E-state index in [-0.39, 0.29) is 0 Å². The van der Waals surface area contributed by atoms with Gasteiger partial charge >= 0.3 is 78.0 Å². The Hall–Kier alpha value is 0.350. The fourth-order valence-electron chi connectivity index (χ4n) is 1.75. The molecule has 0 bridgehead atoms. The van der Waals surface area contributed by atoms with E-state index in [1.54, 1.807) is 16.7 Å². The van der Waals surface area contributed by atoms with Gasteiger partial charge in [-0.1, -0.05) is 0 Å². The molecule has 0 spiro atoms. The Labute approximate surface area is 77.9 Å². The molecule has 0 aromatic rings. The SMILES string of the molecule is CC1=C(C)C(C)=[C]([In]([CH3])[CH3])C1. The minimum absolute atomic E-state index is 1.16. The molecule has 1 rings (SSSR count). The van der Waals surface area contributed by atoms with Crippen molar-refractivity contribution in [2.45, 2.75) is 36.6 Å². The summed E-state index contributed by atoms with van der Waals surface area (Å²) in [5, 5.41) is 0. The van der Waals surface area contributed by atoms with E-state index in [0.717, 1.165) is 0 Å². The second-order valence-electron chi connectivity index (χ2n) is 3.89. The van der Waals surface area contributed by atoms with E-state index in [1.807, 2.05) is 3.33 Å². The van der Waals surface area contributed by atoms with Crippen LogP contribution in [0.25, 0.3) is 0 Å². The van der Waals surface area contributed by atoms with E-state index < -0.39 is 21.4 Å². The summed E-state index contributed by atoms with van der Waals surface area (Å²) in [6.45, 7) is 6.85. The van der Waals surface area contributed by atoms with Gasteiger partial charge in [-0.15, -0.1) is 0 Å². The van der Waals surface area contributed by atoms with Crippen LogP contribution < -0.4 is 0 Å². The van der Waals surface area contributed by atoms with Crippen molar-refractivity contribution in [1.82, 2.24) is 0 Å². The van der Waals surface area contributed by atoms with E-state index in [0.29, 0.717) is 0 Å². The molecule has 0 N–H and O–H groups in total. The number of allylic oxidation sites excluding steroid dienone is 4. The Bertz CT molecular complexity index is 231. The molecule has 1 aliphatic rings. The topological polar surface area (TPSA) is 0 Å². The van der Waals surface area contributed by atoms with Crippen molar-refractivity contribution in [3.05, 3.63) is 20.0 Å². The first kappa shape index (κ1) is 9.44. The first-order chi connectivity index (χ1) is 5.04. The van der Waals surface area contributed by atoms with Crippen LogP contribution in [-0.2, 0) is 0 Å². The Kier molecular flexibility index (Phi) is 2.90. The molecule has 11 heavy (non-hydrogen) atoms. The second kappa shape index (κ2) is 3.38. The maximum atomic E-state index is 2.49. The van der Waals surface area contributed by atoms with Crippen molar-refractivity contribution in [2.24, 2.45) is 0 Å². The summed E-state index contributed by atoms with van der Waals surface area (Å²) in [6.07, 6.45) is 1.31. The molecule has 0 aromatic carbocycles. The third-order valence-electron chi connectivity index (χ3n) is 2.84. The van der Waals surface area contributed by atoms with Gasteiger partial charge in [0, 0.05) is 0 Å². The number of hydrogen-bond acceptors (Lipinski definition) is 0. The van der Waals surface area contributed by atoms with Crippen molar-refractivity contribution < 1.29 is 0 Å². The monoisotopic (exact) mass is 252 g/mol. The summed E-state index contributed by atoms with van der Waals surface area (Å²) in [6, 6.07) is 0. The molecule has 0 unspecified atom stereocenters. The van der Waals surface area contributed by atoms with Gasteiger partial charge in [0.2, 0.25) is 0 Å². The van der Waals surface area contributed by atoms with Gasteiger partial charge in [0.25, 0.3) is 0 Å². The summed E-state index contributed by atoms with van der Waals surface area (Å²) in [5.74, 6) is 0. The molecule has 0 aromatic heterocycles. The molecule has 0 amide bonds. The third-order valence-corrected chi connectivity index (χ3v) is 8.63. The normalized spacial score (nSPS) is 18.3. The zero-order valence-electron chi connectivity index (χ0n) is 8.28. The van der Waals surface area contributed by atoms with Gasteiger partial charge in [-0.2, -0.15) is 0 Å². The number of rotatable bonds is 1. The zero-order valence-corrected chi connectivity index (χ0v) is 11.6. The first-order valence-electron chi connectivity index (χ1n) is 4.40. The Morgan fingerprint density at radius 3 is 1.73 bits per heavy atom. The molecule has 1 aliphatic carbocycles. The van der Waals surface area contributed by atoms with Crippen molar-refractivity contribution in [3.8, 4) is 0 Å². The van der Waals surface area contributed by atoms with Crippen molar-refractivity contribution in [1.29, 1.82) is 0 Å². The average Bonchev–Trinajstić information content (AvgIpc) is 2.17. The van der Waals surface area contributed by atoms with Crippen LogP contribution in [0.1, 0.15) is 27.2 Å². The molecule has 0 radical (unpaired) electrons. The third kappa shape index (κ3) is 1.74. The summed E-state index contributed by atoms with van der Waals surface area (Å²) in [4.78, 5) is 0. The molecule has 0 nitrogen and oxygen atoms in total. The quantitative estimate of drug-likeness (QED) is 0.671. The van der Waals surface area contributed by atoms with Crippen LogP contribution in [0.5, 0.6) is 0 Å². The Morgan fingerprint density at radius 1 is 1.00 bits per heavy atom. The predicted molar refractivity (Wildman–Crippen MR) is 53.2 cm³/mol. The molecule has 0 atom stereocenters. The van der Waals surface area contributed by atoms with E-state index in [2.05, 4.69) is 30.1 Å². The zero-order chi connectivity index (χ0) is 8.59. The predicted octanol–water partition coefficient (Wildman–Crippen LogP) is 3.34. The summed E-state index contributed by atoms with van der Waals surface area (Å²) in [5.41, 5.74) is 4.82. The van der Waals surface area contributed by atoms with E-state index >= 15 is 0 Å². The van der Waals surface area contributed by atoms with Crippen LogP contribution >= 0.6 is 0 Å². The van der Waals surface area contributed by atoms with Gasteiger partial charge in [0.1, 0.15) is 0 Å². The van der Waals surface area contributed by atoms with Crippen LogP contribution in [0.2, 0.25) is 9.36 Å². The van der Waals surface area contributed by atoms with E-state index in [1.165, 1.54) is 6.42 Å².